The average molecular weight is 364 g/mol. The molecular weight excluding hydrogens is 340 g/mol. The Morgan fingerprint density at radius 2 is 1.78 bits per heavy atom. The number of benzene rings is 1. The molecule has 0 spiro atoms. The smallest absolute Gasteiger partial charge is 0.253 e. The number of rotatable bonds is 2. The van der Waals surface area contributed by atoms with Crippen molar-refractivity contribution in [2.24, 2.45) is 0 Å². The Bertz CT molecular complexity index is 966. The van der Waals surface area contributed by atoms with E-state index in [-0.39, 0.29) is 11.3 Å². The molecule has 1 saturated heterocycles. The van der Waals surface area contributed by atoms with E-state index in [2.05, 4.69) is 41.1 Å². The number of nitrogens with zero attached hydrogens (tertiary/aromatic N) is 6. The van der Waals surface area contributed by atoms with Gasteiger partial charge < -0.3 is 4.90 Å². The third-order valence-electron chi connectivity index (χ3n) is 5.12. The van der Waals surface area contributed by atoms with Gasteiger partial charge in [0.05, 0.1) is 22.8 Å². The lowest BCUT2D eigenvalue weighted by Gasteiger charge is -2.32. The van der Waals surface area contributed by atoms with E-state index in [4.69, 9.17) is 0 Å². The summed E-state index contributed by atoms with van der Waals surface area (Å²) in [6, 6.07) is 5.80. The summed E-state index contributed by atoms with van der Waals surface area (Å²) in [5, 5.41) is 8.63. The highest BCUT2D eigenvalue weighted by atomic mass is 16.2. The molecule has 0 bridgehead atoms. The average Bonchev–Trinajstić information content (AvgIpc) is 3.18. The Morgan fingerprint density at radius 1 is 1.07 bits per heavy atom. The molecule has 0 saturated carbocycles. The van der Waals surface area contributed by atoms with Crippen molar-refractivity contribution in [3.63, 3.8) is 0 Å². The normalized spacial score (nSPS) is 16.0. The first kappa shape index (κ1) is 17.6. The van der Waals surface area contributed by atoms with E-state index in [9.17, 15) is 4.79 Å². The molecule has 0 N–H and O–H groups in total. The molecule has 0 aliphatic carbocycles. The van der Waals surface area contributed by atoms with E-state index in [0.29, 0.717) is 24.7 Å². The van der Waals surface area contributed by atoms with E-state index in [1.165, 1.54) is 0 Å². The van der Waals surface area contributed by atoms with E-state index < -0.39 is 0 Å². The molecule has 7 heteroatoms. The number of carbonyl (C=O) groups excluding carboxylic acids is 1. The number of fused-ring (bicyclic) bond motifs is 1. The lowest BCUT2D eigenvalue weighted by molar-refractivity contribution is 0.0689. The number of piperidine rings is 1. The molecule has 7 nitrogen and oxygen atoms in total. The molecule has 27 heavy (non-hydrogen) atoms. The minimum absolute atomic E-state index is 0.00606. The van der Waals surface area contributed by atoms with E-state index in [1.54, 1.807) is 12.4 Å². The Hall–Kier alpha value is -2.83. The van der Waals surface area contributed by atoms with Gasteiger partial charge in [-0.05, 0) is 31.0 Å². The number of aromatic nitrogens is 5. The fourth-order valence-corrected chi connectivity index (χ4v) is 3.41. The van der Waals surface area contributed by atoms with Crippen molar-refractivity contribution in [2.45, 2.75) is 45.1 Å². The molecule has 0 atom stereocenters. The molecule has 4 rings (SSSR count). The first-order valence-corrected chi connectivity index (χ1v) is 9.34. The van der Waals surface area contributed by atoms with Gasteiger partial charge in [0.15, 0.2) is 0 Å². The quantitative estimate of drug-likeness (QED) is 0.699. The monoisotopic (exact) mass is 364 g/mol. The lowest BCUT2D eigenvalue weighted by Crippen LogP contribution is -2.39. The predicted octanol–water partition coefficient (Wildman–Crippen LogP) is 3.00. The summed E-state index contributed by atoms with van der Waals surface area (Å²) >= 11 is 0. The molecular formula is C20H24N6O. The maximum Gasteiger partial charge on any atom is 0.253 e. The zero-order chi connectivity index (χ0) is 19.0. The molecule has 0 radical (unpaired) electrons. The van der Waals surface area contributed by atoms with Gasteiger partial charge in [-0.25, -0.2) is 4.68 Å². The van der Waals surface area contributed by atoms with Crippen LogP contribution in [0.4, 0.5) is 0 Å². The fourth-order valence-electron chi connectivity index (χ4n) is 3.41. The Morgan fingerprint density at radius 3 is 2.44 bits per heavy atom. The van der Waals surface area contributed by atoms with Crippen LogP contribution in [0.25, 0.3) is 11.0 Å². The Kier molecular flexibility index (Phi) is 4.37. The van der Waals surface area contributed by atoms with Gasteiger partial charge in [-0.2, -0.15) is 0 Å². The van der Waals surface area contributed by atoms with Crippen LogP contribution in [0.5, 0.6) is 0 Å². The Balaban J connectivity index is 1.43. The van der Waals surface area contributed by atoms with E-state index >= 15 is 0 Å². The third-order valence-corrected chi connectivity index (χ3v) is 5.12. The van der Waals surface area contributed by atoms with Crippen LogP contribution in [0.2, 0.25) is 0 Å². The van der Waals surface area contributed by atoms with Gasteiger partial charge >= 0.3 is 0 Å². The first-order chi connectivity index (χ1) is 12.9. The standard InChI is InChI=1S/C20H24N6O/c1-20(2,3)18-13-26(24-23-18)15-6-10-25(11-7-15)19(27)14-4-5-16-17(12-14)22-9-8-21-16/h4-5,8-9,12-13,15H,6-7,10-11H2,1-3H3. The van der Waals surface area contributed by atoms with Crippen molar-refractivity contribution >= 4 is 16.9 Å². The number of carbonyl (C=O) groups is 1. The molecule has 3 heterocycles. The first-order valence-electron chi connectivity index (χ1n) is 9.34. The fraction of sp³-hybridized carbons (Fsp3) is 0.450. The predicted molar refractivity (Wildman–Crippen MR) is 102 cm³/mol. The number of amides is 1. The van der Waals surface area contributed by atoms with Crippen LogP contribution in [-0.4, -0.2) is 48.9 Å². The van der Waals surface area contributed by atoms with Crippen molar-refractivity contribution in [2.75, 3.05) is 13.1 Å². The van der Waals surface area contributed by atoms with Crippen LogP contribution in [0.1, 0.15) is 55.7 Å². The summed E-state index contributed by atoms with van der Waals surface area (Å²) in [6.07, 6.45) is 7.11. The van der Waals surface area contributed by atoms with Crippen LogP contribution >= 0.6 is 0 Å². The van der Waals surface area contributed by atoms with Gasteiger partial charge in [-0.1, -0.05) is 26.0 Å². The highest BCUT2D eigenvalue weighted by Crippen LogP contribution is 2.26. The van der Waals surface area contributed by atoms with Crippen molar-refractivity contribution in [1.82, 2.24) is 29.9 Å². The van der Waals surface area contributed by atoms with E-state index in [1.807, 2.05) is 34.0 Å². The van der Waals surface area contributed by atoms with Crippen molar-refractivity contribution in [3.8, 4) is 0 Å². The molecule has 1 amide bonds. The van der Waals surface area contributed by atoms with Crippen LogP contribution < -0.4 is 0 Å². The molecule has 2 aromatic heterocycles. The van der Waals surface area contributed by atoms with Gasteiger partial charge in [0.25, 0.3) is 5.91 Å². The van der Waals surface area contributed by atoms with Crippen LogP contribution in [0.3, 0.4) is 0 Å². The van der Waals surface area contributed by atoms with Gasteiger partial charge in [0.1, 0.15) is 0 Å². The highest BCUT2D eigenvalue weighted by Gasteiger charge is 2.27. The van der Waals surface area contributed by atoms with Crippen LogP contribution in [0.15, 0.2) is 36.8 Å². The number of hydrogen-bond donors (Lipinski definition) is 0. The van der Waals surface area contributed by atoms with E-state index in [0.717, 1.165) is 29.6 Å². The maximum atomic E-state index is 12.9. The molecule has 0 unspecified atom stereocenters. The second kappa shape index (κ2) is 6.72. The lowest BCUT2D eigenvalue weighted by atomic mass is 9.93. The third kappa shape index (κ3) is 3.54. The molecule has 1 aliphatic heterocycles. The largest absolute Gasteiger partial charge is 0.338 e. The highest BCUT2D eigenvalue weighted by molar-refractivity contribution is 5.97. The number of hydrogen-bond acceptors (Lipinski definition) is 5. The van der Waals surface area contributed by atoms with Crippen LogP contribution in [0, 0.1) is 0 Å². The topological polar surface area (TPSA) is 76.8 Å². The summed E-state index contributed by atoms with van der Waals surface area (Å²) < 4.78 is 1.97. The van der Waals surface area contributed by atoms with Crippen molar-refractivity contribution < 1.29 is 4.79 Å². The second-order valence-electron chi connectivity index (χ2n) is 8.12. The SMILES string of the molecule is CC(C)(C)c1cn(C2CCN(C(=O)c3ccc4nccnc4c3)CC2)nn1. The zero-order valence-corrected chi connectivity index (χ0v) is 16.0. The second-order valence-corrected chi connectivity index (χ2v) is 8.12. The summed E-state index contributed by atoms with van der Waals surface area (Å²) in [5.41, 5.74) is 3.20. The molecule has 140 valence electrons. The Labute approximate surface area is 158 Å². The van der Waals surface area contributed by atoms with Crippen molar-refractivity contribution in [1.29, 1.82) is 0 Å². The minimum atomic E-state index is -0.00606. The maximum absolute atomic E-state index is 12.9. The summed E-state index contributed by atoms with van der Waals surface area (Å²) in [7, 11) is 0. The summed E-state index contributed by atoms with van der Waals surface area (Å²) in [6.45, 7) is 7.84. The molecule has 1 aliphatic rings. The molecule has 1 fully saturated rings. The molecule has 1 aromatic carbocycles. The van der Waals surface area contributed by atoms with Crippen LogP contribution in [-0.2, 0) is 5.41 Å². The molecule has 3 aromatic rings. The van der Waals surface area contributed by atoms with Gasteiger partial charge in [-0.3, -0.25) is 14.8 Å². The summed E-state index contributed by atoms with van der Waals surface area (Å²) in [5.74, 6) is 0.0509. The van der Waals surface area contributed by atoms with Gasteiger partial charge in [0.2, 0.25) is 0 Å². The minimum Gasteiger partial charge on any atom is -0.338 e. The van der Waals surface area contributed by atoms with Gasteiger partial charge in [-0.15, -0.1) is 5.10 Å². The zero-order valence-electron chi connectivity index (χ0n) is 16.0. The summed E-state index contributed by atoms with van der Waals surface area (Å²) in [4.78, 5) is 23.3. The van der Waals surface area contributed by atoms with Crippen molar-refractivity contribution in [3.05, 3.63) is 48.0 Å². The number of likely N-dealkylation sites (tertiary alicyclic amines) is 1. The van der Waals surface area contributed by atoms with Gasteiger partial charge in [0, 0.05) is 42.7 Å².